The van der Waals surface area contributed by atoms with Gasteiger partial charge in [0.1, 0.15) is 11.4 Å². The number of guanidine groups is 1. The minimum Gasteiger partial charge on any atom is -0.383 e. The highest BCUT2D eigenvalue weighted by Gasteiger charge is 2.23. The van der Waals surface area contributed by atoms with Gasteiger partial charge in [-0.15, -0.1) is 11.3 Å². The van der Waals surface area contributed by atoms with Crippen LogP contribution in [0.4, 0.5) is 4.39 Å². The summed E-state index contributed by atoms with van der Waals surface area (Å²) in [6.45, 7) is 5.41. The number of benzene rings is 1. The van der Waals surface area contributed by atoms with Crippen molar-refractivity contribution in [2.24, 2.45) is 4.99 Å². The van der Waals surface area contributed by atoms with Gasteiger partial charge < -0.3 is 15.7 Å². The Bertz CT molecular complexity index is 919. The molecule has 154 valence electrons. The number of nitrogens with one attached hydrogen (secondary N) is 2. The van der Waals surface area contributed by atoms with Gasteiger partial charge in [-0.25, -0.2) is 14.1 Å². The highest BCUT2D eigenvalue weighted by molar-refractivity contribution is 7.10. The van der Waals surface area contributed by atoms with Crippen molar-refractivity contribution in [3.8, 4) is 5.69 Å². The zero-order valence-corrected chi connectivity index (χ0v) is 17.4. The van der Waals surface area contributed by atoms with E-state index in [2.05, 4.69) is 20.7 Å². The largest absolute Gasteiger partial charge is 0.383 e. The van der Waals surface area contributed by atoms with Gasteiger partial charge in [-0.05, 0) is 55.6 Å². The predicted octanol–water partition coefficient (Wildman–Crippen LogP) is 3.08. The standard InChI is InChI=1S/C21H26FN5OS/c1-3-23-20(25-15-21(2,28)19-5-4-14-29-19)24-12-10-17-11-13-27(26-17)18-8-6-16(22)7-9-18/h4-9,11,13-14,28H,3,10,12,15H2,1-2H3,(H2,23,24,25). The van der Waals surface area contributed by atoms with E-state index in [1.807, 2.05) is 36.7 Å². The van der Waals surface area contributed by atoms with Crippen molar-refractivity contribution in [1.82, 2.24) is 20.4 Å². The third kappa shape index (κ3) is 5.88. The number of nitrogens with zero attached hydrogens (tertiary/aromatic N) is 3. The summed E-state index contributed by atoms with van der Waals surface area (Å²) in [5, 5.41) is 23.6. The molecule has 1 unspecified atom stereocenters. The van der Waals surface area contributed by atoms with Crippen LogP contribution in [0.25, 0.3) is 5.69 Å². The number of halogens is 1. The van der Waals surface area contributed by atoms with Crippen molar-refractivity contribution in [3.63, 3.8) is 0 Å². The molecule has 0 aliphatic carbocycles. The van der Waals surface area contributed by atoms with E-state index >= 15 is 0 Å². The average molecular weight is 416 g/mol. The van der Waals surface area contributed by atoms with E-state index in [1.54, 1.807) is 23.7 Å². The van der Waals surface area contributed by atoms with E-state index in [4.69, 9.17) is 0 Å². The van der Waals surface area contributed by atoms with Crippen LogP contribution in [-0.4, -0.2) is 40.5 Å². The van der Waals surface area contributed by atoms with Gasteiger partial charge in [-0.1, -0.05) is 6.07 Å². The molecule has 0 fully saturated rings. The van der Waals surface area contributed by atoms with Gasteiger partial charge in [0.15, 0.2) is 5.96 Å². The summed E-state index contributed by atoms with van der Waals surface area (Å²) in [7, 11) is 0. The number of aliphatic imine (C=N–C) groups is 1. The molecular formula is C21H26FN5OS. The molecule has 0 aliphatic heterocycles. The van der Waals surface area contributed by atoms with Crippen molar-refractivity contribution in [2.75, 3.05) is 19.6 Å². The number of aliphatic hydroxyl groups is 1. The maximum atomic E-state index is 13.1. The molecule has 3 aromatic rings. The fourth-order valence-electron chi connectivity index (χ4n) is 2.78. The summed E-state index contributed by atoms with van der Waals surface area (Å²) in [6, 6.07) is 12.0. The molecule has 3 rings (SSSR count). The van der Waals surface area contributed by atoms with E-state index in [9.17, 15) is 9.50 Å². The third-order valence-electron chi connectivity index (χ3n) is 4.35. The molecule has 0 bridgehead atoms. The molecule has 0 amide bonds. The van der Waals surface area contributed by atoms with Crippen LogP contribution in [-0.2, 0) is 12.0 Å². The van der Waals surface area contributed by atoms with E-state index in [0.29, 0.717) is 18.9 Å². The molecule has 0 saturated heterocycles. The second-order valence-corrected chi connectivity index (χ2v) is 7.80. The third-order valence-corrected chi connectivity index (χ3v) is 5.47. The highest BCUT2D eigenvalue weighted by Crippen LogP contribution is 2.25. The van der Waals surface area contributed by atoms with Gasteiger partial charge in [0.25, 0.3) is 0 Å². The average Bonchev–Trinajstić information content (AvgIpc) is 3.39. The Hall–Kier alpha value is -2.71. The molecule has 0 saturated carbocycles. The summed E-state index contributed by atoms with van der Waals surface area (Å²) in [4.78, 5) is 5.42. The molecule has 6 nitrogen and oxygen atoms in total. The van der Waals surface area contributed by atoms with Crippen LogP contribution in [0.5, 0.6) is 0 Å². The molecule has 1 atom stereocenters. The zero-order valence-electron chi connectivity index (χ0n) is 16.6. The Morgan fingerprint density at radius 3 is 2.72 bits per heavy atom. The van der Waals surface area contributed by atoms with Crippen LogP contribution in [0.1, 0.15) is 24.4 Å². The molecule has 2 heterocycles. The Morgan fingerprint density at radius 1 is 1.24 bits per heavy atom. The second kappa shape index (κ2) is 9.67. The summed E-state index contributed by atoms with van der Waals surface area (Å²) < 4.78 is 14.8. The lowest BCUT2D eigenvalue weighted by Gasteiger charge is -2.20. The second-order valence-electron chi connectivity index (χ2n) is 6.85. The first-order chi connectivity index (χ1) is 14.0. The molecule has 2 aromatic heterocycles. The fraction of sp³-hybridized carbons (Fsp3) is 0.333. The first kappa shape index (κ1) is 21.0. The lowest BCUT2D eigenvalue weighted by molar-refractivity contribution is 0.0711. The summed E-state index contributed by atoms with van der Waals surface area (Å²) in [6.07, 6.45) is 2.57. The highest BCUT2D eigenvalue weighted by atomic mass is 32.1. The number of aromatic nitrogens is 2. The summed E-state index contributed by atoms with van der Waals surface area (Å²) >= 11 is 1.52. The lowest BCUT2D eigenvalue weighted by atomic mass is 10.1. The van der Waals surface area contributed by atoms with E-state index in [-0.39, 0.29) is 12.4 Å². The van der Waals surface area contributed by atoms with Gasteiger partial charge >= 0.3 is 0 Å². The Morgan fingerprint density at radius 2 is 2.03 bits per heavy atom. The molecule has 0 spiro atoms. The van der Waals surface area contributed by atoms with Gasteiger partial charge in [-0.2, -0.15) is 5.10 Å². The molecule has 3 N–H and O–H groups in total. The van der Waals surface area contributed by atoms with E-state index in [1.165, 1.54) is 23.5 Å². The maximum Gasteiger partial charge on any atom is 0.191 e. The van der Waals surface area contributed by atoms with E-state index in [0.717, 1.165) is 22.8 Å². The van der Waals surface area contributed by atoms with Crippen molar-refractivity contribution in [2.45, 2.75) is 25.9 Å². The normalized spacial score (nSPS) is 13.9. The fourth-order valence-corrected chi connectivity index (χ4v) is 3.56. The van der Waals surface area contributed by atoms with Gasteiger partial charge in [0, 0.05) is 30.6 Å². The SMILES string of the molecule is CCNC(=NCC(C)(O)c1cccs1)NCCc1ccn(-c2ccc(F)cc2)n1. The van der Waals surface area contributed by atoms with Gasteiger partial charge in [-0.3, -0.25) is 0 Å². The van der Waals surface area contributed by atoms with Crippen LogP contribution < -0.4 is 10.6 Å². The predicted molar refractivity (Wildman–Crippen MR) is 115 cm³/mol. The van der Waals surface area contributed by atoms with Crippen molar-refractivity contribution in [3.05, 3.63) is 70.4 Å². The number of hydrogen-bond acceptors (Lipinski definition) is 4. The summed E-state index contributed by atoms with van der Waals surface area (Å²) in [5.74, 6) is 0.390. The van der Waals surface area contributed by atoms with Crippen LogP contribution in [0.15, 0.2) is 59.0 Å². The summed E-state index contributed by atoms with van der Waals surface area (Å²) in [5.41, 5.74) is 0.740. The molecule has 29 heavy (non-hydrogen) atoms. The van der Waals surface area contributed by atoms with Crippen LogP contribution in [0.2, 0.25) is 0 Å². The maximum absolute atomic E-state index is 13.1. The van der Waals surface area contributed by atoms with Crippen molar-refractivity contribution >= 4 is 17.3 Å². The van der Waals surface area contributed by atoms with Crippen molar-refractivity contribution < 1.29 is 9.50 Å². The topological polar surface area (TPSA) is 74.5 Å². The number of thiophene rings is 1. The molecular weight excluding hydrogens is 389 g/mol. The quantitative estimate of drug-likeness (QED) is 0.390. The van der Waals surface area contributed by atoms with Crippen LogP contribution >= 0.6 is 11.3 Å². The number of hydrogen-bond donors (Lipinski definition) is 3. The van der Waals surface area contributed by atoms with Crippen LogP contribution in [0, 0.1) is 5.82 Å². The Balaban J connectivity index is 1.55. The van der Waals surface area contributed by atoms with Crippen LogP contribution in [0.3, 0.4) is 0 Å². The zero-order chi connectivity index (χ0) is 20.7. The minimum absolute atomic E-state index is 0.265. The Labute approximate surface area is 174 Å². The van der Waals surface area contributed by atoms with Gasteiger partial charge in [0.2, 0.25) is 0 Å². The molecule has 8 heteroatoms. The first-order valence-electron chi connectivity index (χ1n) is 9.57. The van der Waals surface area contributed by atoms with Crippen molar-refractivity contribution in [1.29, 1.82) is 0 Å². The van der Waals surface area contributed by atoms with Gasteiger partial charge in [0.05, 0.1) is 17.9 Å². The minimum atomic E-state index is -0.996. The lowest BCUT2D eigenvalue weighted by Crippen LogP contribution is -2.39. The monoisotopic (exact) mass is 415 g/mol. The Kier molecular flexibility index (Phi) is 7.00. The smallest absolute Gasteiger partial charge is 0.191 e. The number of rotatable bonds is 8. The molecule has 1 aromatic carbocycles. The van der Waals surface area contributed by atoms with E-state index < -0.39 is 5.60 Å². The molecule has 0 radical (unpaired) electrons. The molecule has 0 aliphatic rings. The first-order valence-corrected chi connectivity index (χ1v) is 10.4.